The predicted octanol–water partition coefficient (Wildman–Crippen LogP) is 2.50. The number of pyridine rings is 1. The van der Waals surface area contributed by atoms with Crippen LogP contribution in [0.5, 0.6) is 0 Å². The molecule has 24 heavy (non-hydrogen) atoms. The van der Waals surface area contributed by atoms with Crippen LogP contribution in [0.3, 0.4) is 0 Å². The number of aromatic nitrogens is 5. The highest BCUT2D eigenvalue weighted by atomic mass is 32.2. The zero-order valence-electron chi connectivity index (χ0n) is 13.3. The summed E-state index contributed by atoms with van der Waals surface area (Å²) in [4.78, 5) is 16.3. The smallest absolute Gasteiger partial charge is 0.319 e. The molecule has 0 saturated heterocycles. The fourth-order valence-corrected chi connectivity index (χ4v) is 3.87. The van der Waals surface area contributed by atoms with Crippen molar-refractivity contribution in [3.63, 3.8) is 0 Å². The van der Waals surface area contributed by atoms with E-state index < -0.39 is 0 Å². The van der Waals surface area contributed by atoms with Gasteiger partial charge in [0.15, 0.2) is 9.99 Å². The van der Waals surface area contributed by atoms with Crippen LogP contribution in [-0.2, 0) is 0 Å². The molecule has 2 N–H and O–H groups in total. The summed E-state index contributed by atoms with van der Waals surface area (Å²) in [7, 11) is 0. The van der Waals surface area contributed by atoms with Crippen LogP contribution in [-0.4, -0.2) is 43.1 Å². The highest BCUT2D eigenvalue weighted by Gasteiger charge is 2.08. The van der Waals surface area contributed by atoms with Crippen molar-refractivity contribution < 1.29 is 4.79 Å². The number of nitrogens with zero attached hydrogens (tertiary/aromatic N) is 5. The molecule has 0 fully saturated rings. The van der Waals surface area contributed by atoms with Crippen molar-refractivity contribution in [2.75, 3.05) is 17.6 Å². The van der Waals surface area contributed by atoms with Crippen LogP contribution in [0.15, 0.2) is 22.7 Å². The van der Waals surface area contributed by atoms with Gasteiger partial charge in [0.2, 0.25) is 0 Å². The van der Waals surface area contributed by atoms with Gasteiger partial charge in [0.05, 0.1) is 5.69 Å². The lowest BCUT2D eigenvalue weighted by Gasteiger charge is -2.07. The molecule has 8 nitrogen and oxygen atoms in total. The zero-order chi connectivity index (χ0) is 16.9. The van der Waals surface area contributed by atoms with E-state index in [0.29, 0.717) is 23.7 Å². The molecule has 0 radical (unpaired) electrons. The molecule has 0 unspecified atom stereocenters. The largest absolute Gasteiger partial charge is 0.338 e. The summed E-state index contributed by atoms with van der Waals surface area (Å²) in [6, 6.07) is 3.37. The van der Waals surface area contributed by atoms with Crippen LogP contribution in [0.4, 0.5) is 10.5 Å². The normalized spacial score (nSPS) is 10.9. The van der Waals surface area contributed by atoms with Gasteiger partial charge < -0.3 is 10.6 Å². The van der Waals surface area contributed by atoms with Crippen molar-refractivity contribution in [1.29, 1.82) is 0 Å². The van der Waals surface area contributed by atoms with E-state index in [9.17, 15) is 4.79 Å². The Bertz CT molecular complexity index is 845. The molecular formula is C14H17N7OS2. The average molecular weight is 363 g/mol. The van der Waals surface area contributed by atoms with Gasteiger partial charge in [-0.25, -0.2) is 14.3 Å². The van der Waals surface area contributed by atoms with E-state index in [1.165, 1.54) is 0 Å². The quantitative estimate of drug-likeness (QED) is 0.516. The van der Waals surface area contributed by atoms with Crippen molar-refractivity contribution in [1.82, 2.24) is 30.1 Å². The maximum absolute atomic E-state index is 12.0. The Labute approximate surface area is 147 Å². The maximum atomic E-state index is 12.0. The minimum Gasteiger partial charge on any atom is -0.338 e. The van der Waals surface area contributed by atoms with Crippen molar-refractivity contribution in [2.24, 2.45) is 0 Å². The zero-order valence-corrected chi connectivity index (χ0v) is 14.9. The lowest BCUT2D eigenvalue weighted by molar-refractivity contribution is 0.252. The summed E-state index contributed by atoms with van der Waals surface area (Å²) in [5.41, 5.74) is 1.27. The second-order valence-corrected chi connectivity index (χ2v) is 7.54. The Hall–Kier alpha value is -2.20. The number of fused-ring (bicyclic) bond motifs is 1. The minimum absolute atomic E-state index is 0.250. The van der Waals surface area contributed by atoms with Gasteiger partial charge in [-0.05, 0) is 32.4 Å². The van der Waals surface area contributed by atoms with E-state index in [1.54, 1.807) is 39.9 Å². The number of anilines is 1. The third kappa shape index (κ3) is 4.20. The molecular weight excluding hydrogens is 346 g/mol. The van der Waals surface area contributed by atoms with E-state index in [-0.39, 0.29) is 6.03 Å². The maximum Gasteiger partial charge on any atom is 0.319 e. The van der Waals surface area contributed by atoms with Crippen molar-refractivity contribution in [2.45, 2.75) is 24.6 Å². The van der Waals surface area contributed by atoms with Crippen LogP contribution in [0.25, 0.3) is 5.65 Å². The molecule has 0 aliphatic rings. The SMILES string of the molecule is Cc1nc2c(NC(=O)NCCCSc3nnc(C)s3)cccn2n1. The number of urea groups is 1. The predicted molar refractivity (Wildman–Crippen MR) is 94.7 cm³/mol. The number of hydrogen-bond donors (Lipinski definition) is 2. The summed E-state index contributed by atoms with van der Waals surface area (Å²) in [5, 5.41) is 18.9. The summed E-state index contributed by atoms with van der Waals surface area (Å²) in [6.07, 6.45) is 2.65. The first-order chi connectivity index (χ1) is 11.6. The number of hydrogen-bond acceptors (Lipinski definition) is 7. The summed E-state index contributed by atoms with van der Waals surface area (Å²) >= 11 is 3.24. The van der Waals surface area contributed by atoms with Gasteiger partial charge in [0, 0.05) is 18.5 Å². The Balaban J connectivity index is 1.43. The van der Waals surface area contributed by atoms with Gasteiger partial charge >= 0.3 is 6.03 Å². The number of aryl methyl sites for hydroxylation is 2. The number of thioether (sulfide) groups is 1. The van der Waals surface area contributed by atoms with Crippen molar-refractivity contribution >= 4 is 40.5 Å². The van der Waals surface area contributed by atoms with Gasteiger partial charge in [0.25, 0.3) is 0 Å². The third-order valence-corrected chi connectivity index (χ3v) is 5.11. The highest BCUT2D eigenvalue weighted by Crippen LogP contribution is 2.22. The number of nitrogens with one attached hydrogen (secondary N) is 2. The fourth-order valence-electron chi connectivity index (χ4n) is 2.05. The van der Waals surface area contributed by atoms with Crippen LogP contribution >= 0.6 is 23.1 Å². The summed E-state index contributed by atoms with van der Waals surface area (Å²) < 4.78 is 2.61. The van der Waals surface area contributed by atoms with Gasteiger partial charge in [-0.2, -0.15) is 5.10 Å². The number of carbonyl (C=O) groups excluding carboxylic acids is 1. The van der Waals surface area contributed by atoms with Crippen molar-refractivity contribution in [3.05, 3.63) is 29.2 Å². The highest BCUT2D eigenvalue weighted by molar-refractivity contribution is 8.01. The van der Waals surface area contributed by atoms with E-state index in [4.69, 9.17) is 0 Å². The second-order valence-electron chi connectivity index (χ2n) is 5.02. The molecule has 2 amide bonds. The lowest BCUT2D eigenvalue weighted by atomic mass is 10.4. The molecule has 126 valence electrons. The average Bonchev–Trinajstić information content (AvgIpc) is 3.12. The third-order valence-electron chi connectivity index (χ3n) is 3.06. The lowest BCUT2D eigenvalue weighted by Crippen LogP contribution is -2.30. The van der Waals surface area contributed by atoms with Crippen LogP contribution < -0.4 is 10.6 Å². The van der Waals surface area contributed by atoms with E-state index in [0.717, 1.165) is 21.5 Å². The molecule has 0 bridgehead atoms. The van der Waals surface area contributed by atoms with Gasteiger partial charge in [-0.15, -0.1) is 10.2 Å². The monoisotopic (exact) mass is 363 g/mol. The van der Waals surface area contributed by atoms with Crippen LogP contribution in [0.2, 0.25) is 0 Å². The van der Waals surface area contributed by atoms with Gasteiger partial charge in [-0.3, -0.25) is 0 Å². The Morgan fingerprint density at radius 3 is 3.04 bits per heavy atom. The van der Waals surface area contributed by atoms with Gasteiger partial charge in [0.1, 0.15) is 10.8 Å². The Morgan fingerprint density at radius 1 is 1.38 bits per heavy atom. The first-order valence-electron chi connectivity index (χ1n) is 7.41. The molecule has 0 saturated carbocycles. The topological polar surface area (TPSA) is 97.1 Å². The molecule has 0 aliphatic heterocycles. The second kappa shape index (κ2) is 7.58. The number of carbonyl (C=O) groups is 1. The van der Waals surface area contributed by atoms with Crippen LogP contribution in [0.1, 0.15) is 17.3 Å². The van der Waals surface area contributed by atoms with E-state index >= 15 is 0 Å². The number of rotatable bonds is 6. The minimum atomic E-state index is -0.250. The molecule has 3 aromatic rings. The van der Waals surface area contributed by atoms with E-state index in [2.05, 4.69) is 30.9 Å². The molecule has 0 aromatic carbocycles. The first kappa shape index (κ1) is 16.7. The standard InChI is InChI=1S/C14H17N7OS2/c1-9-16-12-11(5-3-7-21(12)20-9)17-13(22)15-6-4-8-23-14-19-18-10(2)24-14/h3,5,7H,4,6,8H2,1-2H3,(H2,15,17,22). The molecule has 0 spiro atoms. The Kier molecular flexibility index (Phi) is 5.26. The molecule has 10 heteroatoms. The first-order valence-corrected chi connectivity index (χ1v) is 9.22. The molecule has 0 aliphatic carbocycles. The summed E-state index contributed by atoms with van der Waals surface area (Å²) in [5.74, 6) is 1.54. The molecule has 3 heterocycles. The Morgan fingerprint density at radius 2 is 2.25 bits per heavy atom. The molecule has 3 rings (SSSR count). The van der Waals surface area contributed by atoms with Crippen molar-refractivity contribution in [3.8, 4) is 0 Å². The van der Waals surface area contributed by atoms with Gasteiger partial charge in [-0.1, -0.05) is 23.1 Å². The van der Waals surface area contributed by atoms with Crippen LogP contribution in [0, 0.1) is 13.8 Å². The molecule has 3 aromatic heterocycles. The van der Waals surface area contributed by atoms with E-state index in [1.807, 2.05) is 19.9 Å². The number of amides is 2. The molecule has 0 atom stereocenters. The fraction of sp³-hybridized carbons (Fsp3) is 0.357. The summed E-state index contributed by atoms with van der Waals surface area (Å²) in [6.45, 7) is 4.34.